The van der Waals surface area contributed by atoms with E-state index in [2.05, 4.69) is 10.3 Å². The Morgan fingerprint density at radius 2 is 1.96 bits per heavy atom. The Balaban J connectivity index is 1.60. The van der Waals surface area contributed by atoms with Gasteiger partial charge in [0.05, 0.1) is 11.0 Å². The topological polar surface area (TPSA) is 61.1 Å². The first-order chi connectivity index (χ1) is 11.6. The summed E-state index contributed by atoms with van der Waals surface area (Å²) >= 11 is 0. The number of pyridine rings is 1. The van der Waals surface area contributed by atoms with E-state index in [1.165, 1.54) is 0 Å². The zero-order chi connectivity index (χ0) is 17.1. The lowest BCUT2D eigenvalue weighted by Crippen LogP contribution is -2.28. The molecule has 0 amide bonds. The van der Waals surface area contributed by atoms with E-state index in [1.54, 1.807) is 29.4 Å². The van der Waals surface area contributed by atoms with Crippen LogP contribution in [0.1, 0.15) is 12.5 Å². The van der Waals surface area contributed by atoms with Crippen LogP contribution in [-0.2, 0) is 20.6 Å². The summed E-state index contributed by atoms with van der Waals surface area (Å²) in [7, 11) is 3.59. The quantitative estimate of drug-likeness (QED) is 0.751. The van der Waals surface area contributed by atoms with Gasteiger partial charge in [0.15, 0.2) is 0 Å². The molecular weight excluding hydrogens is 304 g/mol. The highest BCUT2D eigenvalue weighted by Crippen LogP contribution is 2.14. The second kappa shape index (κ2) is 6.88. The summed E-state index contributed by atoms with van der Waals surface area (Å²) < 4.78 is 9.07. The molecule has 0 aliphatic heterocycles. The molecule has 2 aromatic heterocycles. The summed E-state index contributed by atoms with van der Waals surface area (Å²) in [6.07, 6.45) is 1.74. The van der Waals surface area contributed by atoms with Gasteiger partial charge in [-0.1, -0.05) is 12.1 Å². The fourth-order valence-corrected chi connectivity index (χ4v) is 2.75. The molecule has 3 aromatic rings. The maximum absolute atomic E-state index is 12.0. The van der Waals surface area contributed by atoms with E-state index in [-0.39, 0.29) is 11.8 Å². The van der Waals surface area contributed by atoms with Crippen molar-refractivity contribution < 1.29 is 4.74 Å². The minimum absolute atomic E-state index is 0.00695. The van der Waals surface area contributed by atoms with Crippen LogP contribution in [0.5, 0.6) is 5.88 Å². The molecule has 3 rings (SSSR count). The minimum Gasteiger partial charge on any atom is -0.473 e. The van der Waals surface area contributed by atoms with E-state index in [4.69, 9.17) is 4.74 Å². The first-order valence-corrected chi connectivity index (χ1v) is 7.99. The predicted octanol–water partition coefficient (Wildman–Crippen LogP) is 1.83. The van der Waals surface area contributed by atoms with E-state index in [1.807, 2.05) is 43.3 Å². The molecule has 1 unspecified atom stereocenters. The van der Waals surface area contributed by atoms with Crippen molar-refractivity contribution in [3.63, 3.8) is 0 Å². The first kappa shape index (κ1) is 16.3. The third-order valence-corrected chi connectivity index (χ3v) is 4.06. The van der Waals surface area contributed by atoms with E-state index in [0.29, 0.717) is 12.4 Å². The highest BCUT2D eigenvalue weighted by molar-refractivity contribution is 5.76. The number of nitrogens with zero attached hydrogens (tertiary/aromatic N) is 3. The smallest absolute Gasteiger partial charge is 0.328 e. The summed E-state index contributed by atoms with van der Waals surface area (Å²) in [5, 5.41) is 3.38. The Kier molecular flexibility index (Phi) is 4.66. The molecule has 0 saturated carbocycles. The van der Waals surface area contributed by atoms with E-state index < -0.39 is 0 Å². The number of aryl methyl sites for hydroxylation is 2. The van der Waals surface area contributed by atoms with Gasteiger partial charge in [0.25, 0.3) is 0 Å². The summed E-state index contributed by atoms with van der Waals surface area (Å²) in [6, 6.07) is 11.7. The Labute approximate surface area is 140 Å². The number of hydrogen-bond donors (Lipinski definition) is 1. The molecule has 0 fully saturated rings. The molecule has 2 heterocycles. The van der Waals surface area contributed by atoms with Gasteiger partial charge in [0.1, 0.15) is 6.10 Å². The maximum Gasteiger partial charge on any atom is 0.328 e. The first-order valence-electron chi connectivity index (χ1n) is 7.99. The van der Waals surface area contributed by atoms with Gasteiger partial charge in [-0.3, -0.25) is 9.13 Å². The summed E-state index contributed by atoms with van der Waals surface area (Å²) in [6.45, 7) is 3.43. The Morgan fingerprint density at radius 3 is 2.71 bits per heavy atom. The number of hydrogen-bond acceptors (Lipinski definition) is 4. The van der Waals surface area contributed by atoms with Crippen molar-refractivity contribution in [3.8, 4) is 5.88 Å². The highest BCUT2D eigenvalue weighted by atomic mass is 16.5. The van der Waals surface area contributed by atoms with Crippen molar-refractivity contribution in [3.05, 3.63) is 58.6 Å². The fraction of sp³-hybridized carbons (Fsp3) is 0.333. The van der Waals surface area contributed by atoms with Crippen LogP contribution >= 0.6 is 0 Å². The Hall–Kier alpha value is -2.60. The van der Waals surface area contributed by atoms with Crippen molar-refractivity contribution in [2.45, 2.75) is 19.6 Å². The molecule has 126 valence electrons. The minimum atomic E-state index is -0.00695. The van der Waals surface area contributed by atoms with Gasteiger partial charge in [-0.2, -0.15) is 0 Å². The molecule has 0 saturated heterocycles. The average Bonchev–Trinajstić information content (AvgIpc) is 2.80. The molecule has 0 aliphatic rings. The molecule has 24 heavy (non-hydrogen) atoms. The van der Waals surface area contributed by atoms with Gasteiger partial charge in [-0.25, -0.2) is 9.78 Å². The van der Waals surface area contributed by atoms with Crippen LogP contribution in [-0.4, -0.2) is 26.8 Å². The Bertz CT molecular complexity index is 883. The standard InChI is InChI=1S/C18H22N4O2/c1-13(24-17-6-4-5-9-20-17)11-19-12-14-7-8-15-16(10-14)22(3)18(23)21(15)2/h4-10,13,19H,11-12H2,1-3H3. The third kappa shape index (κ3) is 3.33. The van der Waals surface area contributed by atoms with E-state index in [0.717, 1.165) is 23.1 Å². The molecule has 6 heteroatoms. The molecule has 1 aromatic carbocycles. The van der Waals surface area contributed by atoms with Crippen molar-refractivity contribution in [2.75, 3.05) is 6.54 Å². The number of nitrogens with one attached hydrogen (secondary N) is 1. The van der Waals surface area contributed by atoms with Crippen LogP contribution in [0.2, 0.25) is 0 Å². The zero-order valence-electron chi connectivity index (χ0n) is 14.2. The van der Waals surface area contributed by atoms with Gasteiger partial charge < -0.3 is 10.1 Å². The highest BCUT2D eigenvalue weighted by Gasteiger charge is 2.08. The maximum atomic E-state index is 12.0. The van der Waals surface area contributed by atoms with Gasteiger partial charge >= 0.3 is 5.69 Å². The monoisotopic (exact) mass is 326 g/mol. The van der Waals surface area contributed by atoms with Gasteiger partial charge in [-0.15, -0.1) is 0 Å². The lowest BCUT2D eigenvalue weighted by molar-refractivity contribution is 0.208. The second-order valence-electron chi connectivity index (χ2n) is 5.95. The molecule has 6 nitrogen and oxygen atoms in total. The van der Waals surface area contributed by atoms with E-state index >= 15 is 0 Å². The van der Waals surface area contributed by atoms with Gasteiger partial charge in [-0.05, 0) is 30.7 Å². The Morgan fingerprint density at radius 1 is 1.17 bits per heavy atom. The number of imidazole rings is 1. The number of benzene rings is 1. The molecule has 0 bridgehead atoms. The number of ether oxygens (including phenoxy) is 1. The SMILES string of the molecule is CC(CNCc1ccc2c(c1)n(C)c(=O)n2C)Oc1ccccn1. The van der Waals surface area contributed by atoms with Crippen LogP contribution in [0, 0.1) is 0 Å². The molecule has 0 aliphatic carbocycles. The average molecular weight is 326 g/mol. The molecule has 0 radical (unpaired) electrons. The lowest BCUT2D eigenvalue weighted by Gasteiger charge is -2.14. The second-order valence-corrected chi connectivity index (χ2v) is 5.95. The van der Waals surface area contributed by atoms with Crippen molar-refractivity contribution >= 4 is 11.0 Å². The van der Waals surface area contributed by atoms with Crippen molar-refractivity contribution in [2.24, 2.45) is 14.1 Å². The summed E-state index contributed by atoms with van der Waals surface area (Å²) in [4.78, 5) is 16.1. The molecule has 0 spiro atoms. The number of rotatable bonds is 6. The third-order valence-electron chi connectivity index (χ3n) is 4.06. The normalized spacial score (nSPS) is 12.5. The number of fused-ring (bicyclic) bond motifs is 1. The largest absolute Gasteiger partial charge is 0.473 e. The van der Waals surface area contributed by atoms with Gasteiger partial charge in [0.2, 0.25) is 5.88 Å². The fourth-order valence-electron chi connectivity index (χ4n) is 2.75. The van der Waals surface area contributed by atoms with Crippen LogP contribution in [0.3, 0.4) is 0 Å². The van der Waals surface area contributed by atoms with Crippen LogP contribution < -0.4 is 15.7 Å². The molecule has 1 atom stereocenters. The summed E-state index contributed by atoms with van der Waals surface area (Å²) in [5.74, 6) is 0.632. The molecular formula is C18H22N4O2. The van der Waals surface area contributed by atoms with Crippen LogP contribution in [0.25, 0.3) is 11.0 Å². The van der Waals surface area contributed by atoms with Crippen molar-refractivity contribution in [1.82, 2.24) is 19.4 Å². The number of aromatic nitrogens is 3. The summed E-state index contributed by atoms with van der Waals surface area (Å²) in [5.41, 5.74) is 3.01. The van der Waals surface area contributed by atoms with Crippen LogP contribution in [0.4, 0.5) is 0 Å². The lowest BCUT2D eigenvalue weighted by atomic mass is 10.2. The van der Waals surface area contributed by atoms with Crippen molar-refractivity contribution in [1.29, 1.82) is 0 Å². The van der Waals surface area contributed by atoms with Crippen LogP contribution in [0.15, 0.2) is 47.4 Å². The zero-order valence-corrected chi connectivity index (χ0v) is 14.2. The molecule has 1 N–H and O–H groups in total. The van der Waals surface area contributed by atoms with E-state index in [9.17, 15) is 4.79 Å². The predicted molar refractivity (Wildman–Crippen MR) is 94.2 cm³/mol. The van der Waals surface area contributed by atoms with Gasteiger partial charge in [0, 0.05) is 39.4 Å².